The van der Waals surface area contributed by atoms with Gasteiger partial charge in [-0.05, 0) is 42.5 Å². The van der Waals surface area contributed by atoms with Crippen LogP contribution in [0.2, 0.25) is 10.0 Å². The Morgan fingerprint density at radius 3 is 2.67 bits per heavy atom. The molecule has 4 aromatic rings. The van der Waals surface area contributed by atoms with E-state index in [-0.39, 0.29) is 16.5 Å². The van der Waals surface area contributed by atoms with Crippen LogP contribution in [0.4, 0.5) is 0 Å². The lowest BCUT2D eigenvalue weighted by atomic mass is 10.2. The van der Waals surface area contributed by atoms with Gasteiger partial charge in [0.15, 0.2) is 5.82 Å². The first-order chi connectivity index (χ1) is 14.4. The third-order valence-corrected chi connectivity index (χ3v) is 7.40. The average molecular weight is 483 g/mol. The maximum atomic E-state index is 12.5. The fourth-order valence-electron chi connectivity index (χ4n) is 2.83. The summed E-state index contributed by atoms with van der Waals surface area (Å²) in [4.78, 5) is 5.23. The molecule has 0 aliphatic rings. The number of methoxy groups -OCH3 is 1. The number of thiazole rings is 1. The number of fused-ring (bicyclic) bond motifs is 1. The number of benzene rings is 2. The first-order valence-electron chi connectivity index (χ1n) is 8.79. The molecule has 2 aromatic carbocycles. The molecule has 156 valence electrons. The minimum atomic E-state index is -3.78. The third kappa shape index (κ3) is 4.30. The molecule has 4 rings (SSSR count). The molecule has 1 N–H and O–H groups in total. The Morgan fingerprint density at radius 1 is 1.17 bits per heavy atom. The normalized spacial score (nSPS) is 11.8. The quantitative estimate of drug-likeness (QED) is 0.424. The number of sulfonamides is 1. The van der Waals surface area contributed by atoms with Crippen LogP contribution >= 0.6 is 34.5 Å². The second kappa shape index (κ2) is 8.52. The average Bonchev–Trinajstić information content (AvgIpc) is 3.31. The van der Waals surface area contributed by atoms with E-state index in [0.29, 0.717) is 17.3 Å². The summed E-state index contributed by atoms with van der Waals surface area (Å²) >= 11 is 13.4. The molecule has 11 heteroatoms. The van der Waals surface area contributed by atoms with Gasteiger partial charge in [0, 0.05) is 28.9 Å². The number of hydrogen-bond donors (Lipinski definition) is 1. The third-order valence-electron chi connectivity index (χ3n) is 4.35. The van der Waals surface area contributed by atoms with Gasteiger partial charge in [-0.15, -0.1) is 16.4 Å². The van der Waals surface area contributed by atoms with Crippen molar-refractivity contribution in [2.75, 3.05) is 13.7 Å². The van der Waals surface area contributed by atoms with E-state index in [9.17, 15) is 8.42 Å². The van der Waals surface area contributed by atoms with Crippen molar-refractivity contribution >= 4 is 49.5 Å². The Labute approximate surface area is 187 Å². The van der Waals surface area contributed by atoms with E-state index >= 15 is 0 Å². The van der Waals surface area contributed by atoms with Crippen molar-refractivity contribution < 1.29 is 13.2 Å². The summed E-state index contributed by atoms with van der Waals surface area (Å²) in [6.45, 7) is 0.175. The van der Waals surface area contributed by atoms with Gasteiger partial charge in [-0.3, -0.25) is 0 Å². The predicted molar refractivity (Wildman–Crippen MR) is 118 cm³/mol. The van der Waals surface area contributed by atoms with Crippen molar-refractivity contribution in [3.63, 3.8) is 0 Å². The Balaban J connectivity index is 1.49. The van der Waals surface area contributed by atoms with E-state index in [2.05, 4.69) is 14.8 Å². The summed E-state index contributed by atoms with van der Waals surface area (Å²) in [7, 11) is -2.17. The van der Waals surface area contributed by atoms with Gasteiger partial charge in [0.1, 0.15) is 10.6 Å². The minimum absolute atomic E-state index is 0.0466. The standard InChI is InChI=1S/C19H16Cl2N4O3S2/c1-28-15-5-2-12(3-6-15)18-23-19-25(24-18)14(11-29-19)8-9-22-30(26,27)17-10-13(20)4-7-16(17)21/h2-7,10-11,22H,8-9H2,1H3. The molecule has 0 fully saturated rings. The fourth-order valence-corrected chi connectivity index (χ4v) is 5.48. The second-order valence-corrected chi connectivity index (χ2v) is 9.72. The van der Waals surface area contributed by atoms with Gasteiger partial charge in [0.25, 0.3) is 0 Å². The van der Waals surface area contributed by atoms with Crippen LogP contribution in [-0.2, 0) is 16.4 Å². The lowest BCUT2D eigenvalue weighted by molar-refractivity contribution is 0.415. The molecule has 0 unspecified atom stereocenters. The number of aromatic nitrogens is 3. The molecular weight excluding hydrogens is 467 g/mol. The van der Waals surface area contributed by atoms with Crippen molar-refractivity contribution in [1.29, 1.82) is 0 Å². The Morgan fingerprint density at radius 2 is 1.93 bits per heavy atom. The van der Waals surface area contributed by atoms with E-state index in [1.165, 1.54) is 29.5 Å². The number of rotatable bonds is 7. The lowest BCUT2D eigenvalue weighted by Crippen LogP contribution is -2.26. The van der Waals surface area contributed by atoms with Gasteiger partial charge in [-0.25, -0.2) is 17.7 Å². The molecule has 0 aliphatic heterocycles. The van der Waals surface area contributed by atoms with Crippen LogP contribution in [0.1, 0.15) is 5.69 Å². The van der Waals surface area contributed by atoms with Crippen LogP contribution in [0.5, 0.6) is 5.75 Å². The van der Waals surface area contributed by atoms with E-state index < -0.39 is 10.0 Å². The van der Waals surface area contributed by atoms with Gasteiger partial charge in [0.2, 0.25) is 15.0 Å². The zero-order valence-corrected chi connectivity index (χ0v) is 18.8. The van der Waals surface area contributed by atoms with Crippen LogP contribution < -0.4 is 9.46 Å². The van der Waals surface area contributed by atoms with Gasteiger partial charge in [-0.1, -0.05) is 23.2 Å². The summed E-state index contributed by atoms with van der Waals surface area (Å²) in [5.74, 6) is 1.35. The number of nitrogens with zero attached hydrogens (tertiary/aromatic N) is 3. The van der Waals surface area contributed by atoms with Crippen LogP contribution in [0, 0.1) is 0 Å². The first kappa shape index (κ1) is 21.1. The van der Waals surface area contributed by atoms with Gasteiger partial charge < -0.3 is 4.74 Å². The highest BCUT2D eigenvalue weighted by atomic mass is 35.5. The predicted octanol–water partition coefficient (Wildman–Crippen LogP) is 4.29. The topological polar surface area (TPSA) is 85.6 Å². The zero-order chi connectivity index (χ0) is 21.3. The van der Waals surface area contributed by atoms with Gasteiger partial charge in [-0.2, -0.15) is 4.98 Å². The van der Waals surface area contributed by atoms with Crippen LogP contribution in [0.3, 0.4) is 0 Å². The van der Waals surface area contributed by atoms with Crippen molar-refractivity contribution in [2.24, 2.45) is 0 Å². The molecule has 0 aliphatic carbocycles. The highest BCUT2D eigenvalue weighted by Crippen LogP contribution is 2.25. The number of nitrogens with one attached hydrogen (secondary N) is 1. The molecule has 2 aromatic heterocycles. The van der Waals surface area contributed by atoms with Crippen molar-refractivity contribution in [3.05, 3.63) is 63.6 Å². The van der Waals surface area contributed by atoms with Crippen LogP contribution in [0.15, 0.2) is 52.7 Å². The number of hydrogen-bond acceptors (Lipinski definition) is 6. The second-order valence-electron chi connectivity index (χ2n) is 6.31. The first-order valence-corrected chi connectivity index (χ1v) is 11.9. The molecule has 0 radical (unpaired) electrons. The van der Waals surface area contributed by atoms with Crippen LogP contribution in [-0.4, -0.2) is 36.7 Å². The highest BCUT2D eigenvalue weighted by Gasteiger charge is 2.19. The minimum Gasteiger partial charge on any atom is -0.497 e. The van der Waals surface area contributed by atoms with E-state index in [1.54, 1.807) is 11.6 Å². The lowest BCUT2D eigenvalue weighted by Gasteiger charge is -2.08. The summed E-state index contributed by atoms with van der Waals surface area (Å²) in [6.07, 6.45) is 0.433. The maximum Gasteiger partial charge on any atom is 0.242 e. The Kier molecular flexibility index (Phi) is 5.99. The van der Waals surface area contributed by atoms with E-state index in [1.807, 2.05) is 29.6 Å². The fraction of sp³-hybridized carbons (Fsp3) is 0.158. The summed E-state index contributed by atoms with van der Waals surface area (Å²) in [5.41, 5.74) is 1.72. The molecular formula is C19H16Cl2N4O3S2. The molecule has 0 atom stereocenters. The Bertz CT molecular complexity index is 1300. The SMILES string of the molecule is COc1ccc(-c2nc3scc(CCNS(=O)(=O)c4cc(Cl)ccc4Cl)n3n2)cc1. The van der Waals surface area contributed by atoms with Gasteiger partial charge in [0.05, 0.1) is 17.8 Å². The van der Waals surface area contributed by atoms with E-state index in [4.69, 9.17) is 27.9 Å². The monoisotopic (exact) mass is 482 g/mol. The maximum absolute atomic E-state index is 12.5. The molecule has 30 heavy (non-hydrogen) atoms. The van der Waals surface area contributed by atoms with Crippen molar-refractivity contribution in [3.8, 4) is 17.1 Å². The molecule has 0 spiro atoms. The molecule has 0 saturated carbocycles. The zero-order valence-electron chi connectivity index (χ0n) is 15.7. The molecule has 0 amide bonds. The number of ether oxygens (including phenoxy) is 1. The molecule has 2 heterocycles. The molecule has 0 bridgehead atoms. The smallest absolute Gasteiger partial charge is 0.242 e. The highest BCUT2D eigenvalue weighted by molar-refractivity contribution is 7.89. The Hall–Kier alpha value is -2.17. The van der Waals surface area contributed by atoms with E-state index in [0.717, 1.165) is 22.0 Å². The van der Waals surface area contributed by atoms with Gasteiger partial charge >= 0.3 is 0 Å². The van der Waals surface area contributed by atoms with Crippen LogP contribution in [0.25, 0.3) is 16.3 Å². The van der Waals surface area contributed by atoms with Crippen molar-refractivity contribution in [1.82, 2.24) is 19.3 Å². The largest absolute Gasteiger partial charge is 0.497 e. The summed E-state index contributed by atoms with van der Waals surface area (Å²) in [5, 5.41) is 6.88. The van der Waals surface area contributed by atoms with Crippen molar-refractivity contribution in [2.45, 2.75) is 11.3 Å². The molecule has 7 nitrogen and oxygen atoms in total. The summed E-state index contributed by atoms with van der Waals surface area (Å²) in [6, 6.07) is 11.8. The molecule has 0 saturated heterocycles. The number of halogens is 2. The summed E-state index contributed by atoms with van der Waals surface area (Å²) < 4.78 is 34.5.